The molecule has 2 aromatic carbocycles. The van der Waals surface area contributed by atoms with Crippen molar-refractivity contribution >= 4 is 5.69 Å². The summed E-state index contributed by atoms with van der Waals surface area (Å²) < 4.78 is 16.5. The van der Waals surface area contributed by atoms with Crippen LogP contribution in [0.15, 0.2) is 36.4 Å². The summed E-state index contributed by atoms with van der Waals surface area (Å²) >= 11 is 0. The molecule has 1 aliphatic heterocycles. The molecule has 0 aromatic heterocycles. The molecular formula is C16H14N2O3. The van der Waals surface area contributed by atoms with Gasteiger partial charge in [0.05, 0.1) is 18.2 Å². The Morgan fingerprint density at radius 1 is 1.24 bits per heavy atom. The zero-order chi connectivity index (χ0) is 14.7. The van der Waals surface area contributed by atoms with Gasteiger partial charge in [-0.1, -0.05) is 0 Å². The van der Waals surface area contributed by atoms with Gasteiger partial charge in [-0.15, -0.1) is 0 Å². The van der Waals surface area contributed by atoms with Gasteiger partial charge in [-0.25, -0.2) is 0 Å². The number of nitriles is 1. The lowest BCUT2D eigenvalue weighted by atomic mass is 10.1. The van der Waals surface area contributed by atoms with E-state index < -0.39 is 0 Å². The Balaban J connectivity index is 1.78. The Bertz CT molecular complexity index is 690. The zero-order valence-electron chi connectivity index (χ0n) is 11.3. The third-order valence-corrected chi connectivity index (χ3v) is 3.19. The zero-order valence-corrected chi connectivity index (χ0v) is 11.3. The number of hydrogen-bond donors (Lipinski definition) is 1. The van der Waals surface area contributed by atoms with Gasteiger partial charge in [0, 0.05) is 16.8 Å². The van der Waals surface area contributed by atoms with Crippen LogP contribution in [0.25, 0.3) is 0 Å². The van der Waals surface area contributed by atoms with Crippen LogP contribution in [-0.2, 0) is 18.0 Å². The van der Waals surface area contributed by atoms with E-state index in [1.165, 1.54) is 0 Å². The van der Waals surface area contributed by atoms with E-state index in [0.29, 0.717) is 30.2 Å². The molecule has 0 saturated heterocycles. The average Bonchev–Trinajstić information content (AvgIpc) is 2.53. The van der Waals surface area contributed by atoms with Crippen LogP contribution in [0, 0.1) is 11.3 Å². The maximum Gasteiger partial charge on any atom is 0.189 e. The SMILES string of the molecule is N#Cc1ccc(OCc2cc(N)cc3c2OCOC3)cc1. The summed E-state index contributed by atoms with van der Waals surface area (Å²) in [6.45, 7) is 1.07. The minimum absolute atomic E-state index is 0.237. The Morgan fingerprint density at radius 2 is 2.05 bits per heavy atom. The van der Waals surface area contributed by atoms with Gasteiger partial charge in [-0.3, -0.25) is 0 Å². The molecule has 0 spiro atoms. The van der Waals surface area contributed by atoms with Gasteiger partial charge in [0.15, 0.2) is 6.79 Å². The molecule has 0 radical (unpaired) electrons. The first-order chi connectivity index (χ1) is 10.3. The number of hydrogen-bond acceptors (Lipinski definition) is 5. The van der Waals surface area contributed by atoms with Gasteiger partial charge in [0.2, 0.25) is 0 Å². The summed E-state index contributed by atoms with van der Waals surface area (Å²) in [5.41, 5.74) is 8.96. The van der Waals surface area contributed by atoms with Crippen molar-refractivity contribution in [1.82, 2.24) is 0 Å². The second kappa shape index (κ2) is 5.73. The van der Waals surface area contributed by atoms with E-state index in [1.54, 1.807) is 24.3 Å². The topological polar surface area (TPSA) is 77.5 Å². The molecule has 1 heterocycles. The van der Waals surface area contributed by atoms with Crippen molar-refractivity contribution in [3.63, 3.8) is 0 Å². The van der Waals surface area contributed by atoms with Crippen LogP contribution in [-0.4, -0.2) is 6.79 Å². The minimum atomic E-state index is 0.237. The van der Waals surface area contributed by atoms with Gasteiger partial charge in [-0.2, -0.15) is 5.26 Å². The molecule has 3 rings (SSSR count). The standard InChI is InChI=1S/C16H14N2O3/c17-7-11-1-3-15(4-2-11)20-9-13-6-14(18)5-12-8-19-10-21-16(12)13/h1-6H,8-10,18H2. The molecule has 2 N–H and O–H groups in total. The summed E-state index contributed by atoms with van der Waals surface area (Å²) in [6, 6.07) is 12.7. The van der Waals surface area contributed by atoms with Gasteiger partial charge in [0.1, 0.15) is 18.1 Å². The van der Waals surface area contributed by atoms with Crippen molar-refractivity contribution in [1.29, 1.82) is 5.26 Å². The fourth-order valence-electron chi connectivity index (χ4n) is 2.22. The van der Waals surface area contributed by atoms with Crippen LogP contribution in [0.3, 0.4) is 0 Å². The highest BCUT2D eigenvalue weighted by atomic mass is 16.7. The monoisotopic (exact) mass is 282 g/mol. The molecule has 106 valence electrons. The normalized spacial score (nSPS) is 12.9. The lowest BCUT2D eigenvalue weighted by molar-refractivity contribution is -0.0175. The third-order valence-electron chi connectivity index (χ3n) is 3.19. The molecule has 0 fully saturated rings. The molecule has 2 aromatic rings. The summed E-state index contributed by atoms with van der Waals surface area (Å²) in [6.07, 6.45) is 0. The second-order valence-corrected chi connectivity index (χ2v) is 4.70. The number of nitrogens with zero attached hydrogens (tertiary/aromatic N) is 1. The predicted molar refractivity (Wildman–Crippen MR) is 76.6 cm³/mol. The Hall–Kier alpha value is -2.71. The number of rotatable bonds is 3. The Labute approximate surface area is 122 Å². The summed E-state index contributed by atoms with van der Waals surface area (Å²) in [7, 11) is 0. The molecular weight excluding hydrogens is 268 g/mol. The first-order valence-corrected chi connectivity index (χ1v) is 6.51. The summed E-state index contributed by atoms with van der Waals surface area (Å²) in [5.74, 6) is 1.47. The number of ether oxygens (including phenoxy) is 3. The van der Waals surface area contributed by atoms with Crippen molar-refractivity contribution in [2.75, 3.05) is 12.5 Å². The van der Waals surface area contributed by atoms with E-state index >= 15 is 0 Å². The second-order valence-electron chi connectivity index (χ2n) is 4.70. The van der Waals surface area contributed by atoms with E-state index in [0.717, 1.165) is 16.9 Å². The highest BCUT2D eigenvalue weighted by Crippen LogP contribution is 2.31. The van der Waals surface area contributed by atoms with Crippen LogP contribution in [0.1, 0.15) is 16.7 Å². The molecule has 0 amide bonds. The van der Waals surface area contributed by atoms with Crippen LogP contribution in [0.4, 0.5) is 5.69 Å². The Morgan fingerprint density at radius 3 is 2.81 bits per heavy atom. The van der Waals surface area contributed by atoms with E-state index in [9.17, 15) is 0 Å². The number of anilines is 1. The van der Waals surface area contributed by atoms with Crippen LogP contribution in [0.2, 0.25) is 0 Å². The summed E-state index contributed by atoms with van der Waals surface area (Å²) in [4.78, 5) is 0. The molecule has 0 aliphatic carbocycles. The highest BCUT2D eigenvalue weighted by molar-refractivity contribution is 5.53. The van der Waals surface area contributed by atoms with Crippen LogP contribution < -0.4 is 15.2 Å². The van der Waals surface area contributed by atoms with Crippen molar-refractivity contribution in [3.8, 4) is 17.6 Å². The van der Waals surface area contributed by atoms with Crippen molar-refractivity contribution in [2.24, 2.45) is 0 Å². The van der Waals surface area contributed by atoms with E-state index in [2.05, 4.69) is 6.07 Å². The maximum atomic E-state index is 8.77. The first-order valence-electron chi connectivity index (χ1n) is 6.51. The number of nitrogens with two attached hydrogens (primary N) is 1. The van der Waals surface area contributed by atoms with Gasteiger partial charge < -0.3 is 19.9 Å². The predicted octanol–water partition coefficient (Wildman–Crippen LogP) is 2.59. The molecule has 0 atom stereocenters. The van der Waals surface area contributed by atoms with Crippen molar-refractivity contribution in [2.45, 2.75) is 13.2 Å². The number of fused-ring (bicyclic) bond motifs is 1. The lowest BCUT2D eigenvalue weighted by Crippen LogP contribution is -2.14. The van der Waals surface area contributed by atoms with Gasteiger partial charge >= 0.3 is 0 Å². The van der Waals surface area contributed by atoms with E-state index in [4.69, 9.17) is 25.2 Å². The van der Waals surface area contributed by atoms with Crippen LogP contribution >= 0.6 is 0 Å². The third kappa shape index (κ3) is 2.91. The minimum Gasteiger partial charge on any atom is -0.489 e. The van der Waals surface area contributed by atoms with Gasteiger partial charge in [-0.05, 0) is 36.4 Å². The smallest absolute Gasteiger partial charge is 0.189 e. The fourth-order valence-corrected chi connectivity index (χ4v) is 2.22. The largest absolute Gasteiger partial charge is 0.489 e. The van der Waals surface area contributed by atoms with Crippen molar-refractivity contribution in [3.05, 3.63) is 53.1 Å². The fraction of sp³-hybridized carbons (Fsp3) is 0.188. The Kier molecular flexibility index (Phi) is 3.63. The summed E-state index contributed by atoms with van der Waals surface area (Å²) in [5, 5.41) is 8.77. The quantitative estimate of drug-likeness (QED) is 0.875. The number of nitrogen functional groups attached to an aromatic ring is 1. The molecule has 5 heteroatoms. The molecule has 21 heavy (non-hydrogen) atoms. The van der Waals surface area contributed by atoms with Crippen LogP contribution in [0.5, 0.6) is 11.5 Å². The highest BCUT2D eigenvalue weighted by Gasteiger charge is 2.16. The van der Waals surface area contributed by atoms with E-state index in [1.807, 2.05) is 12.1 Å². The number of benzene rings is 2. The maximum absolute atomic E-state index is 8.77. The molecule has 1 aliphatic rings. The molecule has 0 saturated carbocycles. The van der Waals surface area contributed by atoms with Crippen molar-refractivity contribution < 1.29 is 14.2 Å². The average molecular weight is 282 g/mol. The first kappa shape index (κ1) is 13.3. The molecule has 5 nitrogen and oxygen atoms in total. The molecule has 0 unspecified atom stereocenters. The lowest BCUT2D eigenvalue weighted by Gasteiger charge is -2.21. The van der Waals surface area contributed by atoms with E-state index in [-0.39, 0.29) is 6.79 Å². The van der Waals surface area contributed by atoms with Gasteiger partial charge in [0.25, 0.3) is 0 Å². The molecule has 0 bridgehead atoms.